The Morgan fingerprint density at radius 1 is 1.42 bits per heavy atom. The molecule has 2 heterocycles. The van der Waals surface area contributed by atoms with Gasteiger partial charge in [0.1, 0.15) is 10.6 Å². The van der Waals surface area contributed by atoms with Crippen LogP contribution in [-0.4, -0.2) is 18.6 Å². The zero-order chi connectivity index (χ0) is 13.3. The van der Waals surface area contributed by atoms with E-state index < -0.39 is 0 Å². The molecule has 4 heteroatoms. The molecule has 1 saturated heterocycles. The van der Waals surface area contributed by atoms with Crippen LogP contribution in [0.3, 0.4) is 0 Å². The second kappa shape index (κ2) is 5.51. The van der Waals surface area contributed by atoms with Crippen molar-refractivity contribution in [2.75, 3.05) is 13.7 Å². The molecule has 2 aliphatic rings. The minimum Gasteiger partial charge on any atom is -0.371 e. The third-order valence-corrected chi connectivity index (χ3v) is 5.72. The molecule has 1 saturated carbocycles. The van der Waals surface area contributed by atoms with Crippen LogP contribution < -0.4 is 5.32 Å². The zero-order valence-electron chi connectivity index (χ0n) is 11.9. The highest BCUT2D eigenvalue weighted by Crippen LogP contribution is 2.44. The second-order valence-corrected chi connectivity index (χ2v) is 6.98. The smallest absolute Gasteiger partial charge is 0.125 e. The molecular weight excluding hydrogens is 256 g/mol. The van der Waals surface area contributed by atoms with Crippen molar-refractivity contribution in [3.8, 4) is 0 Å². The summed E-state index contributed by atoms with van der Waals surface area (Å²) in [5.74, 6) is 0.741. The van der Waals surface area contributed by atoms with Crippen LogP contribution in [0, 0.1) is 5.92 Å². The van der Waals surface area contributed by atoms with Gasteiger partial charge in [-0.2, -0.15) is 0 Å². The first-order valence-electron chi connectivity index (χ1n) is 7.48. The molecule has 106 valence electrons. The molecule has 0 amide bonds. The van der Waals surface area contributed by atoms with Crippen molar-refractivity contribution >= 4 is 11.3 Å². The Morgan fingerprint density at radius 2 is 2.32 bits per heavy atom. The van der Waals surface area contributed by atoms with Gasteiger partial charge in [-0.3, -0.25) is 0 Å². The van der Waals surface area contributed by atoms with E-state index in [1.807, 2.05) is 7.11 Å². The fourth-order valence-corrected chi connectivity index (χ4v) is 4.65. The van der Waals surface area contributed by atoms with Gasteiger partial charge in [0.25, 0.3) is 0 Å². The summed E-state index contributed by atoms with van der Waals surface area (Å²) in [4.78, 5) is 4.92. The minimum atomic E-state index is -0.112. The molecule has 0 spiro atoms. The molecule has 2 fully saturated rings. The molecule has 1 N–H and O–H groups in total. The molecule has 3 unspecified atom stereocenters. The molecular formula is C15H24N2OS. The lowest BCUT2D eigenvalue weighted by molar-refractivity contribution is -0.0581. The van der Waals surface area contributed by atoms with Gasteiger partial charge in [0.05, 0.1) is 11.7 Å². The van der Waals surface area contributed by atoms with Gasteiger partial charge in [0.15, 0.2) is 0 Å². The van der Waals surface area contributed by atoms with Crippen LogP contribution in [-0.2, 0) is 10.3 Å². The first-order valence-corrected chi connectivity index (χ1v) is 8.36. The average molecular weight is 280 g/mol. The first-order chi connectivity index (χ1) is 9.23. The van der Waals surface area contributed by atoms with E-state index in [0.717, 1.165) is 25.3 Å². The third kappa shape index (κ3) is 2.58. The molecule has 1 aliphatic heterocycles. The number of methoxy groups -OCH3 is 1. The van der Waals surface area contributed by atoms with Crippen LogP contribution in [0.25, 0.3) is 0 Å². The summed E-state index contributed by atoms with van der Waals surface area (Å²) in [7, 11) is 1.85. The van der Waals surface area contributed by atoms with E-state index in [1.54, 1.807) is 11.3 Å². The highest BCUT2D eigenvalue weighted by molar-refractivity contribution is 7.09. The maximum absolute atomic E-state index is 5.94. The Bertz CT molecular complexity index is 428. The molecule has 19 heavy (non-hydrogen) atoms. The number of rotatable bonds is 3. The lowest BCUT2D eigenvalue weighted by Crippen LogP contribution is -2.34. The summed E-state index contributed by atoms with van der Waals surface area (Å²) in [6.45, 7) is 3.46. The van der Waals surface area contributed by atoms with E-state index in [1.165, 1.54) is 36.4 Å². The van der Waals surface area contributed by atoms with E-state index in [9.17, 15) is 0 Å². The van der Waals surface area contributed by atoms with Crippen molar-refractivity contribution in [1.82, 2.24) is 10.3 Å². The van der Waals surface area contributed by atoms with Crippen molar-refractivity contribution in [2.24, 2.45) is 5.92 Å². The van der Waals surface area contributed by atoms with Crippen molar-refractivity contribution < 1.29 is 4.74 Å². The highest BCUT2D eigenvalue weighted by atomic mass is 32.1. The summed E-state index contributed by atoms with van der Waals surface area (Å²) < 4.78 is 5.94. The van der Waals surface area contributed by atoms with Gasteiger partial charge in [0.2, 0.25) is 0 Å². The van der Waals surface area contributed by atoms with E-state index >= 15 is 0 Å². The van der Waals surface area contributed by atoms with Crippen LogP contribution in [0.15, 0.2) is 5.38 Å². The second-order valence-electron chi connectivity index (χ2n) is 6.13. The number of nitrogens with zero attached hydrogens (tertiary/aromatic N) is 1. The van der Waals surface area contributed by atoms with E-state index in [0.29, 0.717) is 6.04 Å². The Labute approximate surface area is 119 Å². The topological polar surface area (TPSA) is 34.1 Å². The lowest BCUT2D eigenvalue weighted by atomic mass is 9.79. The van der Waals surface area contributed by atoms with Crippen LogP contribution in [0.1, 0.15) is 62.2 Å². The van der Waals surface area contributed by atoms with Gasteiger partial charge in [-0.05, 0) is 44.6 Å². The number of ether oxygens (including phenoxy) is 1. The van der Waals surface area contributed by atoms with Crippen molar-refractivity contribution in [2.45, 2.75) is 57.1 Å². The Hall–Kier alpha value is -0.450. The van der Waals surface area contributed by atoms with E-state index in [4.69, 9.17) is 9.72 Å². The van der Waals surface area contributed by atoms with Gasteiger partial charge in [-0.1, -0.05) is 13.3 Å². The van der Waals surface area contributed by atoms with Crippen LogP contribution in [0.5, 0.6) is 0 Å². The predicted molar refractivity (Wildman–Crippen MR) is 78.4 cm³/mol. The summed E-state index contributed by atoms with van der Waals surface area (Å²) in [6, 6.07) is 0.472. The summed E-state index contributed by atoms with van der Waals surface area (Å²) in [5.41, 5.74) is 1.12. The van der Waals surface area contributed by atoms with Gasteiger partial charge in [-0.25, -0.2) is 4.98 Å². The SMILES string of the molecule is COC1(c2nc(C3CCCN3)cs2)CCCC(C)C1. The molecule has 0 radical (unpaired) electrons. The number of hydrogen-bond donors (Lipinski definition) is 1. The van der Waals surface area contributed by atoms with Crippen molar-refractivity contribution in [3.63, 3.8) is 0 Å². The standard InChI is InChI=1S/C15H24N2OS/c1-11-5-3-7-15(9-11,18-2)14-17-13(10-19-14)12-6-4-8-16-12/h10-12,16H,3-9H2,1-2H3. The van der Waals surface area contributed by atoms with Gasteiger partial charge >= 0.3 is 0 Å². The summed E-state index contributed by atoms with van der Waals surface area (Å²) >= 11 is 1.79. The maximum Gasteiger partial charge on any atom is 0.125 e. The lowest BCUT2D eigenvalue weighted by Gasteiger charge is -2.37. The predicted octanol–water partition coefficient (Wildman–Crippen LogP) is 3.62. The quantitative estimate of drug-likeness (QED) is 0.918. The molecule has 1 aliphatic carbocycles. The Kier molecular flexibility index (Phi) is 3.92. The fourth-order valence-electron chi connectivity index (χ4n) is 3.56. The number of hydrogen-bond acceptors (Lipinski definition) is 4. The molecule has 0 aromatic carbocycles. The number of thiazole rings is 1. The molecule has 1 aromatic heterocycles. The molecule has 3 rings (SSSR count). The van der Waals surface area contributed by atoms with Gasteiger partial charge < -0.3 is 10.1 Å². The molecule has 1 aromatic rings. The normalized spacial score (nSPS) is 35.7. The first kappa shape index (κ1) is 13.5. The van der Waals surface area contributed by atoms with Gasteiger partial charge in [0, 0.05) is 12.5 Å². The Balaban J connectivity index is 1.83. The summed E-state index contributed by atoms with van der Waals surface area (Å²) in [6.07, 6.45) is 7.32. The molecule has 0 bridgehead atoms. The Morgan fingerprint density at radius 3 is 3.00 bits per heavy atom. The van der Waals surface area contributed by atoms with Crippen LogP contribution >= 0.6 is 11.3 Å². The molecule has 3 nitrogen and oxygen atoms in total. The third-order valence-electron chi connectivity index (χ3n) is 4.68. The minimum absolute atomic E-state index is 0.112. The van der Waals surface area contributed by atoms with Crippen LogP contribution in [0.2, 0.25) is 0 Å². The van der Waals surface area contributed by atoms with Crippen molar-refractivity contribution in [3.05, 3.63) is 16.1 Å². The summed E-state index contributed by atoms with van der Waals surface area (Å²) in [5, 5.41) is 6.97. The van der Waals surface area contributed by atoms with Gasteiger partial charge in [-0.15, -0.1) is 11.3 Å². The molecule has 3 atom stereocenters. The monoisotopic (exact) mass is 280 g/mol. The zero-order valence-corrected chi connectivity index (χ0v) is 12.8. The average Bonchev–Trinajstić information content (AvgIpc) is 3.09. The number of aromatic nitrogens is 1. The fraction of sp³-hybridized carbons (Fsp3) is 0.800. The van der Waals surface area contributed by atoms with E-state index in [-0.39, 0.29) is 5.60 Å². The van der Waals surface area contributed by atoms with E-state index in [2.05, 4.69) is 17.6 Å². The van der Waals surface area contributed by atoms with Crippen molar-refractivity contribution in [1.29, 1.82) is 0 Å². The maximum atomic E-state index is 5.94. The highest BCUT2D eigenvalue weighted by Gasteiger charge is 2.39. The van der Waals surface area contributed by atoms with Crippen LogP contribution in [0.4, 0.5) is 0 Å². The number of nitrogens with one attached hydrogen (secondary N) is 1. The largest absolute Gasteiger partial charge is 0.371 e.